The van der Waals surface area contributed by atoms with Gasteiger partial charge in [0.2, 0.25) is 0 Å². The molecule has 6 heteroatoms. The average Bonchev–Trinajstić information content (AvgIpc) is 2.92. The molecule has 22 heavy (non-hydrogen) atoms. The Balaban J connectivity index is 1.94. The number of aromatic hydroxyl groups is 1. The van der Waals surface area contributed by atoms with Gasteiger partial charge >= 0.3 is 0 Å². The average molecular weight is 291 g/mol. The third-order valence-corrected chi connectivity index (χ3v) is 3.57. The standard InChI is InChI=1S/C16H13N5O/c17-15-13-14(20-21-15)11-3-1-2-4-12(11)19-16(13)18-9-5-7-10(22)8-6-9/h1-8,22H,(H,18,19)(H3,17,20,21). The number of nitrogens with zero attached hydrogens (tertiary/aromatic N) is 2. The summed E-state index contributed by atoms with van der Waals surface area (Å²) in [5, 5.41) is 21.4. The van der Waals surface area contributed by atoms with Gasteiger partial charge in [0.1, 0.15) is 11.6 Å². The largest absolute Gasteiger partial charge is 0.508 e. The molecule has 0 spiro atoms. The zero-order valence-electron chi connectivity index (χ0n) is 11.5. The van der Waals surface area contributed by atoms with Crippen molar-refractivity contribution in [2.75, 3.05) is 11.1 Å². The van der Waals surface area contributed by atoms with Crippen LogP contribution >= 0.6 is 0 Å². The predicted molar refractivity (Wildman–Crippen MR) is 87.2 cm³/mol. The van der Waals surface area contributed by atoms with E-state index in [2.05, 4.69) is 20.5 Å². The number of aromatic amines is 1. The molecule has 6 nitrogen and oxygen atoms in total. The van der Waals surface area contributed by atoms with Gasteiger partial charge in [0.05, 0.1) is 16.4 Å². The van der Waals surface area contributed by atoms with Crippen molar-refractivity contribution in [3.63, 3.8) is 0 Å². The van der Waals surface area contributed by atoms with E-state index in [9.17, 15) is 5.11 Å². The first-order valence-corrected chi connectivity index (χ1v) is 6.81. The van der Waals surface area contributed by atoms with E-state index in [1.807, 2.05) is 24.3 Å². The van der Waals surface area contributed by atoms with E-state index in [0.29, 0.717) is 11.6 Å². The summed E-state index contributed by atoms with van der Waals surface area (Å²) in [5.74, 6) is 1.24. The van der Waals surface area contributed by atoms with Crippen molar-refractivity contribution in [3.05, 3.63) is 48.5 Å². The molecule has 0 atom stereocenters. The fourth-order valence-electron chi connectivity index (χ4n) is 2.52. The number of nitrogens with one attached hydrogen (secondary N) is 2. The van der Waals surface area contributed by atoms with Crippen LogP contribution in [0, 0.1) is 0 Å². The highest BCUT2D eigenvalue weighted by molar-refractivity contribution is 6.12. The maximum absolute atomic E-state index is 9.37. The van der Waals surface area contributed by atoms with Crippen LogP contribution in [0.3, 0.4) is 0 Å². The number of aromatic nitrogens is 3. The lowest BCUT2D eigenvalue weighted by atomic mass is 10.1. The van der Waals surface area contributed by atoms with E-state index in [1.165, 1.54) is 0 Å². The highest BCUT2D eigenvalue weighted by Crippen LogP contribution is 2.33. The van der Waals surface area contributed by atoms with Crippen LogP contribution in [0.4, 0.5) is 17.3 Å². The van der Waals surface area contributed by atoms with E-state index in [-0.39, 0.29) is 5.75 Å². The van der Waals surface area contributed by atoms with E-state index in [0.717, 1.165) is 27.5 Å². The van der Waals surface area contributed by atoms with Crippen molar-refractivity contribution in [2.45, 2.75) is 0 Å². The molecule has 0 amide bonds. The lowest BCUT2D eigenvalue weighted by Crippen LogP contribution is -1.96. The molecule has 0 saturated carbocycles. The fraction of sp³-hybridized carbons (Fsp3) is 0. The van der Waals surface area contributed by atoms with Gasteiger partial charge in [0.15, 0.2) is 5.82 Å². The molecule has 0 bridgehead atoms. The minimum atomic E-state index is 0.213. The SMILES string of the molecule is Nc1n[nH]c2c1c(Nc1ccc(O)cc1)nc1ccccc12. The van der Waals surface area contributed by atoms with Crippen molar-refractivity contribution in [1.29, 1.82) is 0 Å². The number of hydrogen-bond acceptors (Lipinski definition) is 5. The second-order valence-electron chi connectivity index (χ2n) is 5.01. The molecule has 0 aliphatic rings. The minimum absolute atomic E-state index is 0.213. The molecule has 5 N–H and O–H groups in total. The predicted octanol–water partition coefficient (Wildman–Crippen LogP) is 3.14. The van der Waals surface area contributed by atoms with Gasteiger partial charge in [-0.25, -0.2) is 4.98 Å². The van der Waals surface area contributed by atoms with Gasteiger partial charge in [-0.15, -0.1) is 0 Å². The molecule has 0 radical (unpaired) electrons. The summed E-state index contributed by atoms with van der Waals surface area (Å²) in [4.78, 5) is 4.64. The monoisotopic (exact) mass is 291 g/mol. The summed E-state index contributed by atoms with van der Waals surface area (Å²) in [6, 6.07) is 14.6. The van der Waals surface area contributed by atoms with Crippen LogP contribution in [0.2, 0.25) is 0 Å². The van der Waals surface area contributed by atoms with Crippen LogP contribution in [0.25, 0.3) is 21.8 Å². The summed E-state index contributed by atoms with van der Waals surface area (Å²) in [6.45, 7) is 0. The van der Waals surface area contributed by atoms with Gasteiger partial charge in [0, 0.05) is 11.1 Å². The Kier molecular flexibility index (Phi) is 2.62. The number of H-pyrrole nitrogens is 1. The van der Waals surface area contributed by atoms with Gasteiger partial charge in [-0.1, -0.05) is 18.2 Å². The number of fused-ring (bicyclic) bond motifs is 3. The molecule has 4 aromatic rings. The Morgan fingerprint density at radius 3 is 2.64 bits per heavy atom. The summed E-state index contributed by atoms with van der Waals surface area (Å²) < 4.78 is 0. The van der Waals surface area contributed by atoms with Crippen molar-refractivity contribution < 1.29 is 5.11 Å². The van der Waals surface area contributed by atoms with Gasteiger partial charge in [-0.05, 0) is 30.3 Å². The number of para-hydroxylation sites is 1. The number of phenols is 1. The first-order valence-electron chi connectivity index (χ1n) is 6.81. The lowest BCUT2D eigenvalue weighted by Gasteiger charge is -2.09. The molecule has 2 aromatic heterocycles. The van der Waals surface area contributed by atoms with E-state index in [1.54, 1.807) is 24.3 Å². The third-order valence-electron chi connectivity index (χ3n) is 3.57. The van der Waals surface area contributed by atoms with Gasteiger partial charge in [-0.3, -0.25) is 5.10 Å². The molecule has 0 aliphatic carbocycles. The van der Waals surface area contributed by atoms with Crippen LogP contribution in [-0.2, 0) is 0 Å². The van der Waals surface area contributed by atoms with E-state index in [4.69, 9.17) is 5.73 Å². The second-order valence-corrected chi connectivity index (χ2v) is 5.01. The number of nitrogen functional groups attached to an aromatic ring is 1. The first-order chi connectivity index (χ1) is 10.7. The molecule has 4 rings (SSSR count). The van der Waals surface area contributed by atoms with Crippen LogP contribution in [0.5, 0.6) is 5.75 Å². The number of benzene rings is 2. The molecular formula is C16H13N5O. The number of hydrogen-bond donors (Lipinski definition) is 4. The van der Waals surface area contributed by atoms with Crippen LogP contribution in [0.1, 0.15) is 0 Å². The highest BCUT2D eigenvalue weighted by atomic mass is 16.3. The normalized spacial score (nSPS) is 11.1. The fourth-order valence-corrected chi connectivity index (χ4v) is 2.52. The summed E-state index contributed by atoms with van der Waals surface area (Å²) in [7, 11) is 0. The first kappa shape index (κ1) is 12.5. The molecule has 2 aromatic carbocycles. The van der Waals surface area contributed by atoms with Crippen LogP contribution in [0.15, 0.2) is 48.5 Å². The molecule has 0 unspecified atom stereocenters. The maximum atomic E-state index is 9.37. The summed E-state index contributed by atoms with van der Waals surface area (Å²) in [5.41, 5.74) is 8.49. The Bertz CT molecular complexity index is 975. The van der Waals surface area contributed by atoms with Crippen molar-refractivity contribution in [1.82, 2.24) is 15.2 Å². The van der Waals surface area contributed by atoms with Gasteiger partial charge in [-0.2, -0.15) is 5.10 Å². The molecule has 2 heterocycles. The second kappa shape index (κ2) is 4.63. The highest BCUT2D eigenvalue weighted by Gasteiger charge is 2.13. The molecule has 108 valence electrons. The Hall–Kier alpha value is -3.28. The summed E-state index contributed by atoms with van der Waals surface area (Å²) in [6.07, 6.45) is 0. The Labute approximate surface area is 125 Å². The van der Waals surface area contributed by atoms with Crippen LogP contribution in [-0.4, -0.2) is 20.3 Å². The number of nitrogens with two attached hydrogens (primary N) is 1. The Morgan fingerprint density at radius 1 is 1.05 bits per heavy atom. The number of anilines is 3. The molecular weight excluding hydrogens is 278 g/mol. The van der Waals surface area contributed by atoms with Crippen LogP contribution < -0.4 is 11.1 Å². The number of rotatable bonds is 2. The third kappa shape index (κ3) is 1.89. The summed E-state index contributed by atoms with van der Waals surface area (Å²) >= 11 is 0. The van der Waals surface area contributed by atoms with Crippen molar-refractivity contribution >= 4 is 39.1 Å². The maximum Gasteiger partial charge on any atom is 0.156 e. The zero-order valence-corrected chi connectivity index (χ0v) is 11.5. The molecule has 0 fully saturated rings. The minimum Gasteiger partial charge on any atom is -0.508 e. The molecule has 0 aliphatic heterocycles. The molecule has 0 saturated heterocycles. The number of pyridine rings is 1. The Morgan fingerprint density at radius 2 is 1.82 bits per heavy atom. The lowest BCUT2D eigenvalue weighted by molar-refractivity contribution is 0.475. The van der Waals surface area contributed by atoms with Crippen molar-refractivity contribution in [3.8, 4) is 5.75 Å². The van der Waals surface area contributed by atoms with Gasteiger partial charge < -0.3 is 16.2 Å². The van der Waals surface area contributed by atoms with Gasteiger partial charge in [0.25, 0.3) is 0 Å². The zero-order chi connectivity index (χ0) is 15.1. The quantitative estimate of drug-likeness (QED) is 0.425. The smallest absolute Gasteiger partial charge is 0.156 e. The number of phenolic OH excluding ortho intramolecular Hbond substituents is 1. The topological polar surface area (TPSA) is 99.8 Å². The van der Waals surface area contributed by atoms with Crippen molar-refractivity contribution in [2.24, 2.45) is 0 Å². The van der Waals surface area contributed by atoms with E-state index >= 15 is 0 Å². The van der Waals surface area contributed by atoms with E-state index < -0.39 is 0 Å².